The normalized spacial score (nSPS) is 10.2. The number of alkyl halides is 1. The van der Waals surface area contributed by atoms with Gasteiger partial charge in [0.2, 0.25) is 0 Å². The number of unbranched alkanes of at least 4 members (excludes halogenated alkanes) is 2. The molecule has 0 radical (unpaired) electrons. The van der Waals surface area contributed by atoms with Gasteiger partial charge in [0.1, 0.15) is 5.75 Å². The van der Waals surface area contributed by atoms with Crippen LogP contribution < -0.4 is 9.64 Å². The summed E-state index contributed by atoms with van der Waals surface area (Å²) in [7, 11) is 3.83. The Morgan fingerprint density at radius 1 is 1.25 bits per heavy atom. The lowest BCUT2D eigenvalue weighted by Gasteiger charge is -2.19. The summed E-state index contributed by atoms with van der Waals surface area (Å²) in [5, 5.41) is 1.11. The van der Waals surface area contributed by atoms with Gasteiger partial charge in [-0.3, -0.25) is 0 Å². The van der Waals surface area contributed by atoms with Crippen LogP contribution in [0.15, 0.2) is 24.3 Å². The zero-order valence-corrected chi connectivity index (χ0v) is 11.7. The van der Waals surface area contributed by atoms with E-state index in [1.54, 1.807) is 7.11 Å². The maximum absolute atomic E-state index is 5.22. The van der Waals surface area contributed by atoms with Gasteiger partial charge in [-0.2, -0.15) is 0 Å². The van der Waals surface area contributed by atoms with Gasteiger partial charge in [-0.1, -0.05) is 28.4 Å². The van der Waals surface area contributed by atoms with Gasteiger partial charge in [-0.15, -0.1) is 0 Å². The van der Waals surface area contributed by atoms with Crippen LogP contribution in [0.3, 0.4) is 0 Å². The van der Waals surface area contributed by atoms with Crippen LogP contribution in [0.4, 0.5) is 5.69 Å². The van der Waals surface area contributed by atoms with Crippen molar-refractivity contribution >= 4 is 21.6 Å². The van der Waals surface area contributed by atoms with Gasteiger partial charge in [0.25, 0.3) is 0 Å². The summed E-state index contributed by atoms with van der Waals surface area (Å²) in [4.78, 5) is 2.27. The second-order valence-electron chi connectivity index (χ2n) is 3.87. The van der Waals surface area contributed by atoms with Crippen LogP contribution in [-0.2, 0) is 0 Å². The van der Waals surface area contributed by atoms with Crippen LogP contribution in [0.25, 0.3) is 0 Å². The molecule has 1 aromatic carbocycles. The summed E-state index contributed by atoms with van der Waals surface area (Å²) in [6.45, 7) is 1.10. The summed E-state index contributed by atoms with van der Waals surface area (Å²) in [5.41, 5.74) is 1.22. The largest absolute Gasteiger partial charge is 0.497 e. The molecular weight excluding hydrogens is 266 g/mol. The predicted octanol–water partition coefficient (Wildman–Crippen LogP) is 3.70. The summed E-state index contributed by atoms with van der Waals surface area (Å²) >= 11 is 3.45. The van der Waals surface area contributed by atoms with E-state index in [4.69, 9.17) is 4.74 Å². The lowest BCUT2D eigenvalue weighted by Crippen LogP contribution is -2.18. The number of methoxy groups -OCH3 is 1. The molecule has 0 amide bonds. The third-order valence-electron chi connectivity index (χ3n) is 2.62. The molecule has 1 aromatic rings. The molecule has 1 rings (SSSR count). The Morgan fingerprint density at radius 3 is 2.75 bits per heavy atom. The van der Waals surface area contributed by atoms with Crippen LogP contribution in [-0.4, -0.2) is 26.0 Å². The predicted molar refractivity (Wildman–Crippen MR) is 73.9 cm³/mol. The number of rotatable bonds is 7. The van der Waals surface area contributed by atoms with Crippen LogP contribution in [0.5, 0.6) is 5.75 Å². The van der Waals surface area contributed by atoms with Crippen molar-refractivity contribution in [3.05, 3.63) is 24.3 Å². The molecule has 0 N–H and O–H groups in total. The number of halogens is 1. The zero-order valence-electron chi connectivity index (χ0n) is 10.1. The third kappa shape index (κ3) is 4.44. The van der Waals surface area contributed by atoms with E-state index in [0.717, 1.165) is 17.6 Å². The van der Waals surface area contributed by atoms with Crippen LogP contribution >= 0.6 is 15.9 Å². The van der Waals surface area contributed by atoms with E-state index in [-0.39, 0.29) is 0 Å². The minimum absolute atomic E-state index is 0.921. The molecule has 0 atom stereocenters. The minimum atomic E-state index is 0.921. The van der Waals surface area contributed by atoms with Crippen LogP contribution in [0.2, 0.25) is 0 Å². The summed E-state index contributed by atoms with van der Waals surface area (Å²) in [6, 6.07) is 8.20. The standard InChI is InChI=1S/C13H20BrNO/c1-15(10-5-3-4-9-14)12-7-6-8-13(11-12)16-2/h6-8,11H,3-5,9-10H2,1-2H3. The maximum Gasteiger partial charge on any atom is 0.120 e. The first kappa shape index (κ1) is 13.4. The molecule has 3 heteroatoms. The molecule has 0 bridgehead atoms. The van der Waals surface area contributed by atoms with Gasteiger partial charge >= 0.3 is 0 Å². The van der Waals surface area contributed by atoms with Crippen molar-refractivity contribution in [1.29, 1.82) is 0 Å². The van der Waals surface area contributed by atoms with Gasteiger partial charge < -0.3 is 9.64 Å². The maximum atomic E-state index is 5.22. The Morgan fingerprint density at radius 2 is 2.06 bits per heavy atom. The van der Waals surface area contributed by atoms with Gasteiger partial charge in [0.15, 0.2) is 0 Å². The van der Waals surface area contributed by atoms with Crippen molar-refractivity contribution in [2.75, 3.05) is 30.9 Å². The number of hydrogen-bond donors (Lipinski definition) is 0. The average Bonchev–Trinajstić information content (AvgIpc) is 2.34. The Balaban J connectivity index is 2.42. The van der Waals surface area contributed by atoms with E-state index >= 15 is 0 Å². The second kappa shape index (κ2) is 7.55. The van der Waals surface area contributed by atoms with Crippen molar-refractivity contribution in [3.63, 3.8) is 0 Å². The fourth-order valence-corrected chi connectivity index (χ4v) is 1.99. The molecule has 0 saturated carbocycles. The smallest absolute Gasteiger partial charge is 0.120 e. The van der Waals surface area contributed by atoms with E-state index in [0.29, 0.717) is 0 Å². The monoisotopic (exact) mass is 285 g/mol. The van der Waals surface area contributed by atoms with Crippen LogP contribution in [0, 0.1) is 0 Å². The summed E-state index contributed by atoms with van der Waals surface area (Å²) in [5.74, 6) is 0.921. The Kier molecular flexibility index (Phi) is 6.31. The molecule has 0 aliphatic rings. The number of nitrogens with zero attached hydrogens (tertiary/aromatic N) is 1. The highest BCUT2D eigenvalue weighted by molar-refractivity contribution is 9.09. The topological polar surface area (TPSA) is 12.5 Å². The fourth-order valence-electron chi connectivity index (χ4n) is 1.60. The number of hydrogen-bond acceptors (Lipinski definition) is 2. The molecule has 0 aliphatic heterocycles. The van der Waals surface area contributed by atoms with E-state index in [1.165, 1.54) is 24.9 Å². The highest BCUT2D eigenvalue weighted by Crippen LogP contribution is 2.20. The molecule has 0 spiro atoms. The van der Waals surface area contributed by atoms with Gasteiger partial charge in [0.05, 0.1) is 7.11 Å². The van der Waals surface area contributed by atoms with E-state index < -0.39 is 0 Å². The Bertz CT molecular complexity index is 304. The molecule has 0 saturated heterocycles. The van der Waals surface area contributed by atoms with Crippen molar-refractivity contribution in [2.24, 2.45) is 0 Å². The first-order valence-electron chi connectivity index (χ1n) is 5.69. The van der Waals surface area contributed by atoms with Crippen molar-refractivity contribution in [1.82, 2.24) is 0 Å². The highest BCUT2D eigenvalue weighted by Gasteiger charge is 2.01. The SMILES string of the molecule is COc1cccc(N(C)CCCCCBr)c1. The molecule has 90 valence electrons. The van der Waals surface area contributed by atoms with E-state index in [9.17, 15) is 0 Å². The Labute approximate surface area is 107 Å². The molecule has 0 aromatic heterocycles. The first-order valence-corrected chi connectivity index (χ1v) is 6.81. The highest BCUT2D eigenvalue weighted by atomic mass is 79.9. The first-order chi connectivity index (χ1) is 7.77. The summed E-state index contributed by atoms with van der Waals surface area (Å²) in [6.07, 6.45) is 3.77. The summed E-state index contributed by atoms with van der Waals surface area (Å²) < 4.78 is 5.22. The van der Waals surface area contributed by atoms with Gasteiger partial charge in [0, 0.05) is 30.7 Å². The Hall–Kier alpha value is -0.700. The number of anilines is 1. The zero-order chi connectivity index (χ0) is 11.8. The van der Waals surface area contributed by atoms with Crippen molar-refractivity contribution < 1.29 is 4.74 Å². The molecule has 2 nitrogen and oxygen atoms in total. The number of ether oxygens (including phenoxy) is 1. The third-order valence-corrected chi connectivity index (χ3v) is 3.18. The lowest BCUT2D eigenvalue weighted by atomic mass is 10.2. The molecule has 0 unspecified atom stereocenters. The van der Waals surface area contributed by atoms with Crippen molar-refractivity contribution in [2.45, 2.75) is 19.3 Å². The van der Waals surface area contributed by atoms with E-state index in [1.807, 2.05) is 12.1 Å². The molecule has 0 aliphatic carbocycles. The molecule has 0 heterocycles. The fraction of sp³-hybridized carbons (Fsp3) is 0.538. The number of benzene rings is 1. The second-order valence-corrected chi connectivity index (χ2v) is 4.67. The average molecular weight is 286 g/mol. The molecule has 16 heavy (non-hydrogen) atoms. The van der Waals surface area contributed by atoms with Gasteiger partial charge in [-0.05, 0) is 25.0 Å². The van der Waals surface area contributed by atoms with Crippen LogP contribution in [0.1, 0.15) is 19.3 Å². The quantitative estimate of drug-likeness (QED) is 0.560. The van der Waals surface area contributed by atoms with Gasteiger partial charge in [-0.25, -0.2) is 0 Å². The minimum Gasteiger partial charge on any atom is -0.497 e. The van der Waals surface area contributed by atoms with Crippen molar-refractivity contribution in [3.8, 4) is 5.75 Å². The lowest BCUT2D eigenvalue weighted by molar-refractivity contribution is 0.415. The molecular formula is C13H20BrNO. The van der Waals surface area contributed by atoms with E-state index in [2.05, 4.69) is 40.0 Å². The molecule has 0 fully saturated rings.